The van der Waals surface area contributed by atoms with Gasteiger partial charge in [-0.25, -0.2) is 4.79 Å². The molecule has 0 N–H and O–H groups in total. The number of carbonyl (C=O) groups excluding carboxylic acids is 1. The van der Waals surface area contributed by atoms with Crippen LogP contribution in [0.5, 0.6) is 5.75 Å². The van der Waals surface area contributed by atoms with Crippen LogP contribution >= 0.6 is 0 Å². The Balaban J connectivity index is 1.98. The maximum absolute atomic E-state index is 12.7. The van der Waals surface area contributed by atoms with Gasteiger partial charge in [0.05, 0.1) is 0 Å². The van der Waals surface area contributed by atoms with Crippen molar-refractivity contribution in [1.29, 1.82) is 0 Å². The highest BCUT2D eigenvalue weighted by molar-refractivity contribution is 7.88. The lowest BCUT2D eigenvalue weighted by Crippen LogP contribution is -2.28. The number of rotatable bonds is 5. The van der Waals surface area contributed by atoms with Crippen LogP contribution in [0.1, 0.15) is 15.9 Å². The van der Waals surface area contributed by atoms with Crippen LogP contribution in [-0.2, 0) is 21.5 Å². The Morgan fingerprint density at radius 1 is 1.04 bits per heavy atom. The predicted octanol–water partition coefficient (Wildman–Crippen LogP) is 3.82. The molecule has 0 spiro atoms. The molecule has 28 heavy (non-hydrogen) atoms. The molecule has 0 amide bonds. The van der Waals surface area contributed by atoms with Crippen molar-refractivity contribution in [2.75, 3.05) is 0 Å². The average Bonchev–Trinajstić information content (AvgIpc) is 2.65. The Bertz CT molecular complexity index is 1120. The van der Waals surface area contributed by atoms with Gasteiger partial charge in [0.2, 0.25) is 0 Å². The minimum atomic E-state index is -5.97. The maximum Gasteiger partial charge on any atom is 0.534 e. The third-order valence-corrected chi connectivity index (χ3v) is 4.62. The Morgan fingerprint density at radius 2 is 1.75 bits per heavy atom. The lowest BCUT2D eigenvalue weighted by Gasteiger charge is -2.14. The summed E-state index contributed by atoms with van der Waals surface area (Å²) in [5.74, 6) is -1.83. The summed E-state index contributed by atoms with van der Waals surface area (Å²) in [5.41, 5.74) is -5.46. The van der Waals surface area contributed by atoms with Crippen molar-refractivity contribution in [3.8, 4) is 5.75 Å². The lowest BCUT2D eigenvalue weighted by atomic mass is 10.1. The molecule has 2 aromatic carbocycles. The third-order valence-electron chi connectivity index (χ3n) is 3.65. The second kappa shape index (κ2) is 7.47. The number of esters is 1. The van der Waals surface area contributed by atoms with Crippen molar-refractivity contribution in [2.24, 2.45) is 0 Å². The quantitative estimate of drug-likeness (QED) is 0.361. The Kier molecular flexibility index (Phi) is 5.23. The highest BCUT2D eigenvalue weighted by Gasteiger charge is 2.49. The molecule has 0 fully saturated rings. The van der Waals surface area contributed by atoms with Crippen molar-refractivity contribution in [3.63, 3.8) is 0 Å². The van der Waals surface area contributed by atoms with E-state index in [0.717, 1.165) is 6.07 Å². The van der Waals surface area contributed by atoms with Gasteiger partial charge in [0.25, 0.3) is 0 Å². The molecule has 1 aromatic heterocycles. The molecule has 0 atom stereocenters. The number of ether oxygens (including phenoxy) is 1. The van der Waals surface area contributed by atoms with Gasteiger partial charge in [0.1, 0.15) is 12.2 Å². The second-order valence-corrected chi connectivity index (χ2v) is 7.15. The number of alkyl halides is 3. The van der Waals surface area contributed by atoms with E-state index in [1.807, 2.05) is 0 Å². The van der Waals surface area contributed by atoms with Gasteiger partial charge in [-0.3, -0.25) is 4.98 Å². The zero-order valence-electron chi connectivity index (χ0n) is 14.0. The first-order valence-corrected chi connectivity index (χ1v) is 9.18. The zero-order valence-corrected chi connectivity index (χ0v) is 14.8. The van der Waals surface area contributed by atoms with Gasteiger partial charge >= 0.3 is 21.6 Å². The van der Waals surface area contributed by atoms with E-state index < -0.39 is 32.9 Å². The number of aromatic nitrogens is 1. The van der Waals surface area contributed by atoms with Crippen LogP contribution in [0.2, 0.25) is 0 Å². The van der Waals surface area contributed by atoms with Crippen LogP contribution in [0.3, 0.4) is 0 Å². The minimum absolute atomic E-state index is 0.153. The van der Waals surface area contributed by atoms with Crippen LogP contribution in [0.25, 0.3) is 10.8 Å². The topological polar surface area (TPSA) is 82.6 Å². The Hall–Kier alpha value is -3.14. The second-order valence-electron chi connectivity index (χ2n) is 5.62. The van der Waals surface area contributed by atoms with Crippen LogP contribution in [-0.4, -0.2) is 24.9 Å². The van der Waals surface area contributed by atoms with E-state index in [4.69, 9.17) is 4.74 Å². The van der Waals surface area contributed by atoms with Gasteiger partial charge in [-0.2, -0.15) is 21.6 Å². The van der Waals surface area contributed by atoms with Crippen molar-refractivity contribution < 1.29 is 35.3 Å². The first-order chi connectivity index (χ1) is 13.2. The van der Waals surface area contributed by atoms with E-state index in [-0.39, 0.29) is 12.0 Å². The molecule has 0 unspecified atom stereocenters. The van der Waals surface area contributed by atoms with E-state index in [1.54, 1.807) is 30.3 Å². The summed E-state index contributed by atoms with van der Waals surface area (Å²) < 4.78 is 70.2. The molecule has 0 bridgehead atoms. The van der Waals surface area contributed by atoms with Gasteiger partial charge in [-0.1, -0.05) is 30.3 Å². The number of fused-ring (bicyclic) bond motifs is 1. The minimum Gasteiger partial charge on any atom is -0.457 e. The number of carbonyl (C=O) groups is 1. The lowest BCUT2D eigenvalue weighted by molar-refractivity contribution is -0.0500. The van der Waals surface area contributed by atoms with Gasteiger partial charge in [-0.05, 0) is 29.1 Å². The summed E-state index contributed by atoms with van der Waals surface area (Å²) in [4.78, 5) is 16.2. The summed E-state index contributed by atoms with van der Waals surface area (Å²) in [5, 5.41) is 0.730. The van der Waals surface area contributed by atoms with Crippen molar-refractivity contribution in [3.05, 3.63) is 72.1 Å². The largest absolute Gasteiger partial charge is 0.534 e. The Morgan fingerprint density at radius 3 is 2.43 bits per heavy atom. The van der Waals surface area contributed by atoms with Crippen LogP contribution in [0, 0.1) is 0 Å². The fourth-order valence-electron chi connectivity index (χ4n) is 2.31. The molecule has 0 saturated heterocycles. The molecule has 3 aromatic rings. The van der Waals surface area contributed by atoms with Gasteiger partial charge in [-0.15, -0.1) is 0 Å². The van der Waals surface area contributed by atoms with E-state index in [0.29, 0.717) is 10.9 Å². The molecule has 3 rings (SSSR count). The molecule has 0 radical (unpaired) electrons. The summed E-state index contributed by atoms with van der Waals surface area (Å²) in [7, 11) is -5.97. The van der Waals surface area contributed by atoms with E-state index in [1.165, 1.54) is 24.5 Å². The smallest absolute Gasteiger partial charge is 0.457 e. The van der Waals surface area contributed by atoms with Crippen LogP contribution in [0.4, 0.5) is 13.2 Å². The molecule has 146 valence electrons. The van der Waals surface area contributed by atoms with Crippen molar-refractivity contribution >= 4 is 26.9 Å². The fraction of sp³-hybridized carbons (Fsp3) is 0.111. The number of pyridine rings is 1. The summed E-state index contributed by atoms with van der Waals surface area (Å²) >= 11 is 0. The Labute approximate surface area is 157 Å². The molecular weight excluding hydrogens is 399 g/mol. The number of hydrogen-bond acceptors (Lipinski definition) is 6. The summed E-state index contributed by atoms with van der Waals surface area (Å²) in [6.45, 7) is -0.153. The molecular formula is C18H12F3NO5S. The third kappa shape index (κ3) is 4.22. The van der Waals surface area contributed by atoms with Gasteiger partial charge in [0, 0.05) is 17.8 Å². The normalized spacial score (nSPS) is 12.0. The van der Waals surface area contributed by atoms with Gasteiger partial charge in [0.15, 0.2) is 5.75 Å². The summed E-state index contributed by atoms with van der Waals surface area (Å²) in [6, 6.07) is 12.3. The number of halogens is 3. The molecule has 10 heteroatoms. The zero-order chi connectivity index (χ0) is 20.4. The highest BCUT2D eigenvalue weighted by Crippen LogP contribution is 2.32. The molecule has 6 nitrogen and oxygen atoms in total. The van der Waals surface area contributed by atoms with E-state index >= 15 is 0 Å². The van der Waals surface area contributed by atoms with Crippen molar-refractivity contribution in [2.45, 2.75) is 12.1 Å². The molecule has 0 aliphatic rings. The number of benzene rings is 2. The molecule has 0 aliphatic heterocycles. The predicted molar refractivity (Wildman–Crippen MR) is 92.9 cm³/mol. The average molecular weight is 411 g/mol. The first kappa shape index (κ1) is 19.6. The maximum atomic E-state index is 12.7. The number of nitrogens with zero attached hydrogens (tertiary/aromatic N) is 1. The fourth-order valence-corrected chi connectivity index (χ4v) is 2.78. The van der Waals surface area contributed by atoms with Crippen LogP contribution < -0.4 is 4.18 Å². The molecule has 1 heterocycles. The van der Waals surface area contributed by atoms with Crippen molar-refractivity contribution in [1.82, 2.24) is 4.98 Å². The molecule has 0 aliphatic carbocycles. The first-order valence-electron chi connectivity index (χ1n) is 7.77. The van der Waals surface area contributed by atoms with Gasteiger partial charge < -0.3 is 8.92 Å². The standard InChI is InChI=1S/C18H12F3NO5S/c19-18(20,21)28(24,25)27-16-9-14-10-22-7-6-13(14)8-15(16)17(23)26-11-12-4-2-1-3-5-12/h1-10H,11H2. The highest BCUT2D eigenvalue weighted by atomic mass is 32.2. The van der Waals surface area contributed by atoms with Crippen LogP contribution in [0.15, 0.2) is 60.9 Å². The number of hydrogen-bond donors (Lipinski definition) is 0. The monoisotopic (exact) mass is 411 g/mol. The molecule has 0 saturated carbocycles. The SMILES string of the molecule is O=C(OCc1ccccc1)c1cc2ccncc2cc1OS(=O)(=O)C(F)(F)F. The van der Waals surface area contributed by atoms with E-state index in [2.05, 4.69) is 9.17 Å². The van der Waals surface area contributed by atoms with E-state index in [9.17, 15) is 26.4 Å². The summed E-state index contributed by atoms with van der Waals surface area (Å²) in [6.07, 6.45) is 2.70.